The minimum Gasteiger partial charge on any atom is -0.396 e. The number of benzene rings is 1. The van der Waals surface area contributed by atoms with E-state index in [1.165, 1.54) is 13.0 Å². The van der Waals surface area contributed by atoms with Crippen molar-refractivity contribution in [3.63, 3.8) is 0 Å². The average molecular weight is 218 g/mol. The average Bonchev–Trinajstić information content (AvgIpc) is 2.20. The molecule has 0 aromatic heterocycles. The number of aliphatic hydroxyl groups excluding tert-OH is 1. The molecule has 0 amide bonds. The van der Waals surface area contributed by atoms with Crippen LogP contribution in [0, 0.1) is 11.6 Å². The summed E-state index contributed by atoms with van der Waals surface area (Å²) in [7, 11) is 0. The summed E-state index contributed by atoms with van der Waals surface area (Å²) in [5.74, 6) is -2.63. The lowest BCUT2D eigenvalue weighted by atomic mass is 9.97. The van der Waals surface area contributed by atoms with E-state index in [0.717, 1.165) is 6.07 Å². The number of alkyl halides is 1. The van der Waals surface area contributed by atoms with Crippen LogP contribution in [0.2, 0.25) is 0 Å². The maximum atomic E-state index is 13.3. The number of halogens is 3. The van der Waals surface area contributed by atoms with Gasteiger partial charge in [0.05, 0.1) is 0 Å². The van der Waals surface area contributed by atoms with Gasteiger partial charge < -0.3 is 5.11 Å². The Labute approximate surface area is 86.5 Å². The summed E-state index contributed by atoms with van der Waals surface area (Å²) in [6, 6.07) is 2.09. The van der Waals surface area contributed by atoms with Crippen LogP contribution in [0.15, 0.2) is 12.1 Å². The van der Waals surface area contributed by atoms with Gasteiger partial charge in [-0.25, -0.2) is 13.2 Å². The zero-order chi connectivity index (χ0) is 11.6. The van der Waals surface area contributed by atoms with Crippen LogP contribution in [0.1, 0.15) is 37.1 Å². The summed E-state index contributed by atoms with van der Waals surface area (Å²) >= 11 is 0. The van der Waals surface area contributed by atoms with Crippen molar-refractivity contribution >= 4 is 0 Å². The third-order valence-electron chi connectivity index (χ3n) is 2.34. The number of hydrogen-bond acceptors (Lipinski definition) is 1. The Morgan fingerprint density at radius 2 is 1.87 bits per heavy atom. The van der Waals surface area contributed by atoms with Gasteiger partial charge in [0.1, 0.15) is 6.17 Å². The van der Waals surface area contributed by atoms with Crippen LogP contribution in [0.5, 0.6) is 0 Å². The molecule has 2 atom stereocenters. The molecule has 0 saturated carbocycles. The summed E-state index contributed by atoms with van der Waals surface area (Å²) in [5.41, 5.74) is 0.0983. The lowest BCUT2D eigenvalue weighted by Gasteiger charge is -2.13. The molecule has 1 nitrogen and oxygen atoms in total. The zero-order valence-corrected chi connectivity index (χ0v) is 8.60. The lowest BCUT2D eigenvalue weighted by molar-refractivity contribution is 0.269. The topological polar surface area (TPSA) is 20.2 Å². The summed E-state index contributed by atoms with van der Waals surface area (Å²) in [5, 5.41) is 8.85. The molecule has 0 fully saturated rings. The van der Waals surface area contributed by atoms with Gasteiger partial charge in [-0.2, -0.15) is 0 Å². The van der Waals surface area contributed by atoms with Crippen LogP contribution in [0.3, 0.4) is 0 Å². The minimum absolute atomic E-state index is 0.0111. The monoisotopic (exact) mass is 218 g/mol. The fourth-order valence-electron chi connectivity index (χ4n) is 1.32. The van der Waals surface area contributed by atoms with Gasteiger partial charge in [-0.1, -0.05) is 6.92 Å². The van der Waals surface area contributed by atoms with E-state index in [-0.39, 0.29) is 17.7 Å². The first-order chi connectivity index (χ1) is 6.97. The Morgan fingerprint density at radius 1 is 1.27 bits per heavy atom. The van der Waals surface area contributed by atoms with Gasteiger partial charge in [0.25, 0.3) is 0 Å². The number of hydrogen-bond donors (Lipinski definition) is 1. The molecule has 84 valence electrons. The molecule has 4 heteroatoms. The van der Waals surface area contributed by atoms with Crippen molar-refractivity contribution in [2.45, 2.75) is 25.9 Å². The second-order valence-electron chi connectivity index (χ2n) is 3.61. The second-order valence-corrected chi connectivity index (χ2v) is 3.61. The third kappa shape index (κ3) is 2.50. The Balaban J connectivity index is 3.25. The van der Waals surface area contributed by atoms with Gasteiger partial charge in [-0.15, -0.1) is 0 Å². The number of rotatable bonds is 3. The second kappa shape index (κ2) is 4.66. The maximum Gasteiger partial charge on any atom is 0.162 e. The zero-order valence-electron chi connectivity index (χ0n) is 8.60. The molecular weight excluding hydrogens is 205 g/mol. The molecule has 0 bridgehead atoms. The Hall–Kier alpha value is -1.03. The van der Waals surface area contributed by atoms with Crippen molar-refractivity contribution in [1.82, 2.24) is 0 Å². The summed E-state index contributed by atoms with van der Waals surface area (Å²) in [6.45, 7) is 2.49. The molecule has 0 aliphatic heterocycles. The van der Waals surface area contributed by atoms with Crippen LogP contribution in [0.4, 0.5) is 13.2 Å². The van der Waals surface area contributed by atoms with E-state index in [9.17, 15) is 13.2 Å². The first kappa shape index (κ1) is 12.0. The predicted molar refractivity (Wildman–Crippen MR) is 51.4 cm³/mol. The van der Waals surface area contributed by atoms with E-state index in [4.69, 9.17) is 5.11 Å². The molecule has 2 unspecified atom stereocenters. The fourth-order valence-corrected chi connectivity index (χ4v) is 1.32. The smallest absolute Gasteiger partial charge is 0.162 e. The molecule has 0 radical (unpaired) electrons. The normalized spacial score (nSPS) is 15.1. The first-order valence-electron chi connectivity index (χ1n) is 4.71. The van der Waals surface area contributed by atoms with Gasteiger partial charge in [0.2, 0.25) is 0 Å². The molecule has 1 rings (SSSR count). The molecule has 15 heavy (non-hydrogen) atoms. The van der Waals surface area contributed by atoms with E-state index >= 15 is 0 Å². The van der Waals surface area contributed by atoms with E-state index in [1.54, 1.807) is 6.92 Å². The van der Waals surface area contributed by atoms with Crippen molar-refractivity contribution < 1.29 is 18.3 Å². The molecule has 1 N–H and O–H groups in total. The van der Waals surface area contributed by atoms with Crippen molar-refractivity contribution in [2.24, 2.45) is 0 Å². The van der Waals surface area contributed by atoms with E-state index in [2.05, 4.69) is 0 Å². The minimum atomic E-state index is -1.36. The van der Waals surface area contributed by atoms with Gasteiger partial charge in [-0.3, -0.25) is 0 Å². The van der Waals surface area contributed by atoms with Gasteiger partial charge >= 0.3 is 0 Å². The van der Waals surface area contributed by atoms with Crippen molar-refractivity contribution in [1.29, 1.82) is 0 Å². The molecule has 1 aromatic rings. The summed E-state index contributed by atoms with van der Waals surface area (Å²) in [4.78, 5) is 0. The van der Waals surface area contributed by atoms with E-state index in [1.807, 2.05) is 0 Å². The maximum absolute atomic E-state index is 13.3. The van der Waals surface area contributed by atoms with Crippen LogP contribution < -0.4 is 0 Å². The highest BCUT2D eigenvalue weighted by molar-refractivity contribution is 5.30. The largest absolute Gasteiger partial charge is 0.396 e. The SMILES string of the molecule is CC(F)c1cc(F)c(F)c(C(C)CO)c1. The van der Waals surface area contributed by atoms with E-state index in [0.29, 0.717) is 0 Å². The Bertz CT molecular complexity index is 350. The standard InChI is InChI=1S/C11H13F3O/c1-6(5-15)9-3-8(7(2)12)4-10(13)11(9)14/h3-4,6-7,15H,5H2,1-2H3. The molecule has 0 saturated heterocycles. The highest BCUT2D eigenvalue weighted by Gasteiger charge is 2.17. The molecular formula is C11H13F3O. The van der Waals surface area contributed by atoms with Crippen LogP contribution in [-0.2, 0) is 0 Å². The Morgan fingerprint density at radius 3 is 2.33 bits per heavy atom. The highest BCUT2D eigenvalue weighted by atomic mass is 19.2. The van der Waals surface area contributed by atoms with Crippen molar-refractivity contribution in [2.75, 3.05) is 6.61 Å². The molecule has 0 heterocycles. The van der Waals surface area contributed by atoms with Crippen LogP contribution in [0.25, 0.3) is 0 Å². The highest BCUT2D eigenvalue weighted by Crippen LogP contribution is 2.26. The lowest BCUT2D eigenvalue weighted by Crippen LogP contribution is -2.05. The molecule has 1 aromatic carbocycles. The van der Waals surface area contributed by atoms with Gasteiger partial charge in [0.15, 0.2) is 11.6 Å². The molecule has 0 aliphatic carbocycles. The summed E-state index contributed by atoms with van der Waals surface area (Å²) in [6.07, 6.45) is -1.36. The number of aliphatic hydroxyl groups is 1. The van der Waals surface area contributed by atoms with Gasteiger partial charge in [0, 0.05) is 12.5 Å². The Kier molecular flexibility index (Phi) is 3.74. The van der Waals surface area contributed by atoms with Crippen molar-refractivity contribution in [3.8, 4) is 0 Å². The first-order valence-corrected chi connectivity index (χ1v) is 4.71. The van der Waals surface area contributed by atoms with Crippen LogP contribution in [-0.4, -0.2) is 11.7 Å². The van der Waals surface area contributed by atoms with Crippen molar-refractivity contribution in [3.05, 3.63) is 34.9 Å². The van der Waals surface area contributed by atoms with Crippen LogP contribution >= 0.6 is 0 Å². The molecule has 0 aliphatic rings. The quantitative estimate of drug-likeness (QED) is 0.826. The third-order valence-corrected chi connectivity index (χ3v) is 2.34. The summed E-state index contributed by atoms with van der Waals surface area (Å²) < 4.78 is 39.3. The van der Waals surface area contributed by atoms with Gasteiger partial charge in [-0.05, 0) is 30.2 Å². The van der Waals surface area contributed by atoms with E-state index < -0.39 is 23.7 Å². The fraction of sp³-hybridized carbons (Fsp3) is 0.455. The predicted octanol–water partition coefficient (Wildman–Crippen LogP) is 3.09. The molecule has 0 spiro atoms.